The summed E-state index contributed by atoms with van der Waals surface area (Å²) in [5.74, 6) is 0.276. The van der Waals surface area contributed by atoms with Crippen molar-refractivity contribution in [3.8, 4) is 0 Å². The monoisotopic (exact) mass is 336 g/mol. The minimum Gasteiger partial charge on any atom is -0.478 e. The van der Waals surface area contributed by atoms with Gasteiger partial charge in [0.1, 0.15) is 0 Å². The van der Waals surface area contributed by atoms with Gasteiger partial charge < -0.3 is 14.9 Å². The summed E-state index contributed by atoms with van der Waals surface area (Å²) in [6, 6.07) is 0. The van der Waals surface area contributed by atoms with Crippen LogP contribution in [0.4, 0.5) is 0 Å². The topological polar surface area (TPSA) is 70.1 Å². The Morgan fingerprint density at radius 3 is 2.58 bits per heavy atom. The second-order valence-corrected chi connectivity index (χ2v) is 8.89. The van der Waals surface area contributed by atoms with E-state index < -0.39 is 5.97 Å². The summed E-state index contributed by atoms with van der Waals surface area (Å²) < 4.78 is 6.01. The van der Waals surface area contributed by atoms with Crippen LogP contribution in [-0.4, -0.2) is 35.0 Å². The van der Waals surface area contributed by atoms with Crippen LogP contribution in [0.25, 0.3) is 0 Å². The predicted octanol–water partition coefficient (Wildman–Crippen LogP) is 3.78. The van der Waals surface area contributed by atoms with Gasteiger partial charge in [-0.3, -0.25) is 0 Å². The van der Waals surface area contributed by atoms with Gasteiger partial charge in [0.2, 0.25) is 0 Å². The quantitative estimate of drug-likeness (QED) is 0.592. The van der Waals surface area contributed by atoms with Crippen LogP contribution in [0.15, 0.2) is 11.6 Å². The van der Waals surface area contributed by atoms with E-state index in [1.54, 1.807) is 0 Å². The molecule has 2 N–H and O–H groups in total. The molecule has 1 saturated heterocycles. The molecule has 3 rings (SSSR count). The number of aliphatic carboxylic acids is 1. The van der Waals surface area contributed by atoms with Gasteiger partial charge in [0, 0.05) is 11.5 Å². The van der Waals surface area contributed by atoms with E-state index in [-0.39, 0.29) is 23.0 Å². The van der Waals surface area contributed by atoms with Gasteiger partial charge in [0.15, 0.2) is 0 Å². The van der Waals surface area contributed by atoms with Gasteiger partial charge in [-0.05, 0) is 61.3 Å². The summed E-state index contributed by atoms with van der Waals surface area (Å²) in [6.45, 7) is 7.95. The molecule has 3 fully saturated rings. The van der Waals surface area contributed by atoms with Crippen molar-refractivity contribution in [2.75, 3.05) is 13.2 Å². The Kier molecular flexibility index (Phi) is 4.59. The van der Waals surface area contributed by atoms with Crippen LogP contribution < -0.4 is 0 Å². The molecule has 1 heterocycles. The van der Waals surface area contributed by atoms with Gasteiger partial charge >= 0.3 is 5.97 Å². The zero-order valence-electron chi connectivity index (χ0n) is 15.3. The summed E-state index contributed by atoms with van der Waals surface area (Å²) in [4.78, 5) is 10.9. The first-order valence-electron chi connectivity index (χ1n) is 9.45. The first-order valence-corrected chi connectivity index (χ1v) is 9.45. The molecule has 5 atom stereocenters. The number of ether oxygens (including phenoxy) is 1. The van der Waals surface area contributed by atoms with Crippen LogP contribution in [0.1, 0.15) is 65.7 Å². The standard InChI is InChI=1S/C20H32O4/c1-14-6-10-19(3)16(5-4-8-20(19)13-24-20)18(14,2)9-7-15(12-21)11-17(22)23/h11,14,16,21H,4-10,12-13H2,1-3H3,(H,22,23). The Hall–Kier alpha value is -0.870. The van der Waals surface area contributed by atoms with Crippen molar-refractivity contribution >= 4 is 5.97 Å². The van der Waals surface area contributed by atoms with Crippen molar-refractivity contribution in [1.82, 2.24) is 0 Å². The Balaban J connectivity index is 1.82. The van der Waals surface area contributed by atoms with E-state index in [4.69, 9.17) is 9.84 Å². The van der Waals surface area contributed by atoms with E-state index in [1.165, 1.54) is 38.2 Å². The maximum atomic E-state index is 10.9. The Labute approximate surface area is 145 Å². The van der Waals surface area contributed by atoms with E-state index >= 15 is 0 Å². The lowest BCUT2D eigenvalue weighted by Crippen LogP contribution is -2.56. The molecule has 1 aliphatic heterocycles. The maximum absolute atomic E-state index is 10.9. The summed E-state index contributed by atoms with van der Waals surface area (Å²) >= 11 is 0. The highest BCUT2D eigenvalue weighted by Gasteiger charge is 2.67. The Bertz CT molecular complexity index is 536. The van der Waals surface area contributed by atoms with Crippen molar-refractivity contribution in [2.45, 2.75) is 71.3 Å². The molecule has 0 radical (unpaired) electrons. The zero-order valence-corrected chi connectivity index (χ0v) is 15.3. The molecule has 4 heteroatoms. The first kappa shape index (κ1) is 17.9. The van der Waals surface area contributed by atoms with Crippen LogP contribution in [-0.2, 0) is 9.53 Å². The second kappa shape index (κ2) is 6.14. The molecule has 0 aromatic carbocycles. The smallest absolute Gasteiger partial charge is 0.328 e. The lowest BCUT2D eigenvalue weighted by atomic mass is 9.44. The molecular formula is C20H32O4. The Morgan fingerprint density at radius 1 is 1.29 bits per heavy atom. The van der Waals surface area contributed by atoms with E-state index in [0.29, 0.717) is 23.8 Å². The van der Waals surface area contributed by atoms with Crippen LogP contribution in [0.5, 0.6) is 0 Å². The fourth-order valence-corrected chi connectivity index (χ4v) is 5.95. The number of carboxylic acid groups (broad SMARTS) is 1. The van der Waals surface area contributed by atoms with Crippen molar-refractivity contribution in [3.05, 3.63) is 11.6 Å². The molecule has 0 bridgehead atoms. The Morgan fingerprint density at radius 2 is 2.00 bits per heavy atom. The molecule has 4 nitrogen and oxygen atoms in total. The van der Waals surface area contributed by atoms with Gasteiger partial charge in [0.05, 0.1) is 18.8 Å². The molecule has 136 valence electrons. The number of hydrogen-bond donors (Lipinski definition) is 2. The summed E-state index contributed by atoms with van der Waals surface area (Å²) in [5.41, 5.74) is 1.19. The zero-order chi connectivity index (χ0) is 17.6. The normalized spacial score (nSPS) is 45.1. The summed E-state index contributed by atoms with van der Waals surface area (Å²) in [6.07, 6.45) is 8.94. The predicted molar refractivity (Wildman–Crippen MR) is 92.7 cm³/mol. The van der Waals surface area contributed by atoms with Gasteiger partial charge in [-0.25, -0.2) is 4.79 Å². The summed E-state index contributed by atoms with van der Waals surface area (Å²) in [7, 11) is 0. The lowest BCUT2D eigenvalue weighted by Gasteiger charge is -2.60. The number of hydrogen-bond acceptors (Lipinski definition) is 3. The number of fused-ring (bicyclic) bond motifs is 2. The highest BCUT2D eigenvalue weighted by molar-refractivity contribution is 5.80. The van der Waals surface area contributed by atoms with Gasteiger partial charge in [-0.2, -0.15) is 0 Å². The highest BCUT2D eigenvalue weighted by Crippen LogP contribution is 2.68. The molecule has 0 aromatic rings. The minimum atomic E-state index is -0.964. The lowest BCUT2D eigenvalue weighted by molar-refractivity contribution is -0.131. The minimum absolute atomic E-state index is 0.119. The third kappa shape index (κ3) is 2.72. The van der Waals surface area contributed by atoms with Gasteiger partial charge in [0.25, 0.3) is 0 Å². The third-order valence-electron chi connectivity index (χ3n) is 7.91. The fraction of sp³-hybridized carbons (Fsp3) is 0.850. The SMILES string of the molecule is CC1CCC2(C)C(CCCC23CO3)C1(C)CCC(=CC(=O)O)CO. The average Bonchev–Trinajstić information content (AvgIpc) is 3.31. The molecule has 2 aliphatic carbocycles. The van der Waals surface area contributed by atoms with Gasteiger partial charge in [-0.15, -0.1) is 0 Å². The van der Waals surface area contributed by atoms with Crippen molar-refractivity contribution in [1.29, 1.82) is 0 Å². The fourth-order valence-electron chi connectivity index (χ4n) is 5.95. The van der Waals surface area contributed by atoms with E-state index in [9.17, 15) is 9.90 Å². The number of aliphatic hydroxyl groups is 1. The van der Waals surface area contributed by atoms with E-state index in [0.717, 1.165) is 13.0 Å². The van der Waals surface area contributed by atoms with E-state index in [1.807, 2.05) is 0 Å². The molecular weight excluding hydrogens is 304 g/mol. The van der Waals surface area contributed by atoms with Crippen LogP contribution >= 0.6 is 0 Å². The number of carbonyl (C=O) groups is 1. The molecule has 0 aromatic heterocycles. The van der Waals surface area contributed by atoms with Crippen molar-refractivity contribution in [3.63, 3.8) is 0 Å². The number of aliphatic hydroxyl groups excluding tert-OH is 1. The maximum Gasteiger partial charge on any atom is 0.328 e. The summed E-state index contributed by atoms with van der Waals surface area (Å²) in [5, 5.41) is 18.4. The molecule has 3 aliphatic rings. The number of epoxide rings is 1. The number of rotatable bonds is 5. The first-order chi connectivity index (χ1) is 11.3. The third-order valence-corrected chi connectivity index (χ3v) is 7.91. The molecule has 24 heavy (non-hydrogen) atoms. The van der Waals surface area contributed by atoms with Crippen LogP contribution in [0, 0.1) is 22.7 Å². The van der Waals surface area contributed by atoms with E-state index in [2.05, 4.69) is 20.8 Å². The molecule has 0 amide bonds. The highest BCUT2D eigenvalue weighted by atomic mass is 16.6. The van der Waals surface area contributed by atoms with Crippen molar-refractivity contribution in [2.24, 2.45) is 22.7 Å². The van der Waals surface area contributed by atoms with Crippen LogP contribution in [0.2, 0.25) is 0 Å². The molecule has 2 saturated carbocycles. The largest absolute Gasteiger partial charge is 0.478 e. The second-order valence-electron chi connectivity index (χ2n) is 8.89. The molecule has 5 unspecified atom stereocenters. The molecule has 1 spiro atoms. The number of carboxylic acids is 1. The van der Waals surface area contributed by atoms with Gasteiger partial charge in [-0.1, -0.05) is 27.2 Å². The van der Waals surface area contributed by atoms with Crippen molar-refractivity contribution < 1.29 is 19.7 Å². The van der Waals surface area contributed by atoms with Crippen LogP contribution in [0.3, 0.4) is 0 Å². The average molecular weight is 336 g/mol.